The van der Waals surface area contributed by atoms with Gasteiger partial charge in [-0.25, -0.2) is 9.37 Å². The van der Waals surface area contributed by atoms with Crippen molar-refractivity contribution in [3.8, 4) is 5.88 Å². The summed E-state index contributed by atoms with van der Waals surface area (Å²) in [7, 11) is 3.33. The molecular formula is C22H21FN4O2. The van der Waals surface area contributed by atoms with E-state index in [-0.39, 0.29) is 29.8 Å². The average molecular weight is 392 g/mol. The van der Waals surface area contributed by atoms with Gasteiger partial charge in [0.25, 0.3) is 5.91 Å². The van der Waals surface area contributed by atoms with Crippen LogP contribution < -0.4 is 9.64 Å². The minimum Gasteiger partial charge on any atom is -0.472 e. The summed E-state index contributed by atoms with van der Waals surface area (Å²) in [4.78, 5) is 25.0. The number of hydrogen-bond acceptors (Lipinski definition) is 5. The summed E-state index contributed by atoms with van der Waals surface area (Å²) >= 11 is 0. The Morgan fingerprint density at radius 3 is 2.69 bits per heavy atom. The SMILES string of the molecule is CN(C)C(=O)c1cnc(N2CCc3ccccc32)nc1OCc1ccc(F)cc1. The minimum absolute atomic E-state index is 0.168. The van der Waals surface area contributed by atoms with Crippen LogP contribution in [0.5, 0.6) is 5.88 Å². The Morgan fingerprint density at radius 1 is 1.17 bits per heavy atom. The van der Waals surface area contributed by atoms with Crippen LogP contribution in [0.4, 0.5) is 16.0 Å². The molecule has 148 valence electrons. The third-order valence-corrected chi connectivity index (χ3v) is 4.80. The normalized spacial score (nSPS) is 12.6. The smallest absolute Gasteiger partial charge is 0.260 e. The highest BCUT2D eigenvalue weighted by molar-refractivity contribution is 5.96. The monoisotopic (exact) mass is 392 g/mol. The number of amides is 1. The van der Waals surface area contributed by atoms with Gasteiger partial charge in [0, 0.05) is 32.5 Å². The number of nitrogens with zero attached hydrogens (tertiary/aromatic N) is 4. The van der Waals surface area contributed by atoms with Crippen molar-refractivity contribution in [3.05, 3.63) is 77.2 Å². The number of ether oxygens (including phenoxy) is 1. The van der Waals surface area contributed by atoms with Gasteiger partial charge in [0.2, 0.25) is 11.8 Å². The van der Waals surface area contributed by atoms with E-state index >= 15 is 0 Å². The Hall–Kier alpha value is -3.48. The van der Waals surface area contributed by atoms with Crippen molar-refractivity contribution in [2.45, 2.75) is 13.0 Å². The average Bonchev–Trinajstić information content (AvgIpc) is 3.17. The van der Waals surface area contributed by atoms with Gasteiger partial charge in [-0.3, -0.25) is 4.79 Å². The van der Waals surface area contributed by atoms with Crippen molar-refractivity contribution in [2.75, 3.05) is 25.5 Å². The first-order chi connectivity index (χ1) is 14.0. The number of para-hydroxylation sites is 1. The molecule has 1 aliphatic heterocycles. The molecule has 1 aliphatic rings. The molecule has 2 aromatic carbocycles. The molecule has 0 N–H and O–H groups in total. The predicted octanol–water partition coefficient (Wildman–Crippen LogP) is 3.59. The zero-order valence-electron chi connectivity index (χ0n) is 16.3. The molecule has 0 aliphatic carbocycles. The van der Waals surface area contributed by atoms with Gasteiger partial charge >= 0.3 is 0 Å². The van der Waals surface area contributed by atoms with Gasteiger partial charge in [-0.1, -0.05) is 30.3 Å². The molecule has 0 unspecified atom stereocenters. The first-order valence-electron chi connectivity index (χ1n) is 9.34. The number of carbonyl (C=O) groups is 1. The van der Waals surface area contributed by atoms with Crippen molar-refractivity contribution < 1.29 is 13.9 Å². The highest BCUT2D eigenvalue weighted by Gasteiger charge is 2.25. The van der Waals surface area contributed by atoms with E-state index in [1.54, 1.807) is 26.2 Å². The lowest BCUT2D eigenvalue weighted by molar-refractivity contribution is 0.0821. The Balaban J connectivity index is 1.66. The summed E-state index contributed by atoms with van der Waals surface area (Å²) in [5, 5.41) is 0. The van der Waals surface area contributed by atoms with Gasteiger partial charge in [0.15, 0.2) is 0 Å². The van der Waals surface area contributed by atoms with Crippen LogP contribution in [0.1, 0.15) is 21.5 Å². The van der Waals surface area contributed by atoms with E-state index in [0.717, 1.165) is 24.2 Å². The van der Waals surface area contributed by atoms with Gasteiger partial charge in [0.05, 0.1) is 0 Å². The van der Waals surface area contributed by atoms with Crippen LogP contribution in [-0.2, 0) is 13.0 Å². The summed E-state index contributed by atoms with van der Waals surface area (Å²) in [6, 6.07) is 14.1. The highest BCUT2D eigenvalue weighted by atomic mass is 19.1. The van der Waals surface area contributed by atoms with Crippen molar-refractivity contribution in [1.82, 2.24) is 14.9 Å². The molecular weight excluding hydrogens is 371 g/mol. The molecule has 2 heterocycles. The maximum Gasteiger partial charge on any atom is 0.260 e. The Labute approximate surface area is 168 Å². The molecule has 0 spiro atoms. The maximum absolute atomic E-state index is 13.1. The van der Waals surface area contributed by atoms with Gasteiger partial charge in [-0.15, -0.1) is 0 Å². The van der Waals surface area contributed by atoms with E-state index in [9.17, 15) is 9.18 Å². The minimum atomic E-state index is -0.311. The molecule has 0 bridgehead atoms. The molecule has 0 atom stereocenters. The van der Waals surface area contributed by atoms with E-state index < -0.39 is 0 Å². The molecule has 29 heavy (non-hydrogen) atoms. The van der Waals surface area contributed by atoms with Crippen LogP contribution in [0.2, 0.25) is 0 Å². The molecule has 1 amide bonds. The largest absolute Gasteiger partial charge is 0.472 e. The summed E-state index contributed by atoms with van der Waals surface area (Å²) in [5.41, 5.74) is 3.36. The molecule has 0 radical (unpaired) electrons. The van der Waals surface area contributed by atoms with Crippen LogP contribution in [-0.4, -0.2) is 41.4 Å². The van der Waals surface area contributed by atoms with Crippen LogP contribution >= 0.6 is 0 Å². The van der Waals surface area contributed by atoms with Crippen LogP contribution in [0.3, 0.4) is 0 Å². The molecule has 7 heteroatoms. The fourth-order valence-electron chi connectivity index (χ4n) is 3.26. The van der Waals surface area contributed by atoms with Crippen molar-refractivity contribution >= 4 is 17.5 Å². The second-order valence-electron chi connectivity index (χ2n) is 7.03. The van der Waals surface area contributed by atoms with Crippen LogP contribution in [0.25, 0.3) is 0 Å². The second kappa shape index (κ2) is 7.87. The van der Waals surface area contributed by atoms with E-state index in [0.29, 0.717) is 5.95 Å². The fraction of sp³-hybridized carbons (Fsp3) is 0.227. The number of anilines is 2. The molecule has 0 saturated heterocycles. The number of fused-ring (bicyclic) bond motifs is 1. The zero-order valence-corrected chi connectivity index (χ0v) is 16.3. The van der Waals surface area contributed by atoms with E-state index in [1.165, 1.54) is 28.8 Å². The van der Waals surface area contributed by atoms with Crippen molar-refractivity contribution in [2.24, 2.45) is 0 Å². The molecule has 6 nitrogen and oxygen atoms in total. The standard InChI is InChI=1S/C22H21FN4O2/c1-26(2)21(28)18-13-24-22(27-12-11-16-5-3-4-6-19(16)27)25-20(18)29-14-15-7-9-17(23)10-8-15/h3-10,13H,11-12,14H2,1-2H3. The summed E-state index contributed by atoms with van der Waals surface area (Å²) in [6.07, 6.45) is 2.41. The lowest BCUT2D eigenvalue weighted by atomic mass is 10.2. The number of benzene rings is 2. The third kappa shape index (κ3) is 3.89. The van der Waals surface area contributed by atoms with Crippen LogP contribution in [0.15, 0.2) is 54.7 Å². The topological polar surface area (TPSA) is 58.6 Å². The first-order valence-corrected chi connectivity index (χ1v) is 9.34. The second-order valence-corrected chi connectivity index (χ2v) is 7.03. The number of aromatic nitrogens is 2. The Morgan fingerprint density at radius 2 is 1.93 bits per heavy atom. The lowest BCUT2D eigenvalue weighted by Gasteiger charge is -2.20. The summed E-state index contributed by atoms with van der Waals surface area (Å²) in [5.74, 6) is 0.142. The van der Waals surface area contributed by atoms with Gasteiger partial charge in [-0.2, -0.15) is 4.98 Å². The lowest BCUT2D eigenvalue weighted by Crippen LogP contribution is -2.24. The highest BCUT2D eigenvalue weighted by Crippen LogP contribution is 2.33. The van der Waals surface area contributed by atoms with E-state index in [1.807, 2.05) is 23.1 Å². The number of halogens is 1. The van der Waals surface area contributed by atoms with Crippen molar-refractivity contribution in [1.29, 1.82) is 0 Å². The van der Waals surface area contributed by atoms with Gasteiger partial charge < -0.3 is 14.5 Å². The van der Waals surface area contributed by atoms with Gasteiger partial charge in [-0.05, 0) is 35.7 Å². The number of rotatable bonds is 5. The predicted molar refractivity (Wildman–Crippen MR) is 108 cm³/mol. The third-order valence-electron chi connectivity index (χ3n) is 4.80. The van der Waals surface area contributed by atoms with E-state index in [4.69, 9.17) is 4.74 Å². The van der Waals surface area contributed by atoms with Crippen molar-refractivity contribution in [3.63, 3.8) is 0 Å². The number of hydrogen-bond donors (Lipinski definition) is 0. The Bertz CT molecular complexity index is 1040. The molecule has 0 fully saturated rings. The summed E-state index contributed by atoms with van der Waals surface area (Å²) in [6.45, 7) is 0.929. The Kier molecular flexibility index (Phi) is 5.12. The molecule has 1 aromatic heterocycles. The zero-order chi connectivity index (χ0) is 20.4. The quantitative estimate of drug-likeness (QED) is 0.664. The van der Waals surface area contributed by atoms with E-state index in [2.05, 4.69) is 16.0 Å². The molecule has 3 aromatic rings. The molecule has 0 saturated carbocycles. The maximum atomic E-state index is 13.1. The molecule has 4 rings (SSSR count). The fourth-order valence-corrected chi connectivity index (χ4v) is 3.26. The number of carbonyl (C=O) groups excluding carboxylic acids is 1. The summed E-state index contributed by atoms with van der Waals surface area (Å²) < 4.78 is 19.0. The van der Waals surface area contributed by atoms with Crippen LogP contribution in [0, 0.1) is 5.82 Å². The first kappa shape index (κ1) is 18.9. The van der Waals surface area contributed by atoms with Gasteiger partial charge in [0.1, 0.15) is 18.0 Å².